The van der Waals surface area contributed by atoms with Crippen LogP contribution in [0.25, 0.3) is 0 Å². The van der Waals surface area contributed by atoms with Crippen LogP contribution in [0.3, 0.4) is 0 Å². The van der Waals surface area contributed by atoms with Crippen molar-refractivity contribution in [2.75, 3.05) is 17.6 Å². The smallest absolute Gasteiger partial charge is 0.481 e. The van der Waals surface area contributed by atoms with Gasteiger partial charge in [0.25, 0.3) is 10.0 Å². The third-order valence-corrected chi connectivity index (χ3v) is 3.65. The molecule has 0 saturated carbocycles. The van der Waals surface area contributed by atoms with Crippen molar-refractivity contribution in [3.05, 3.63) is 36.7 Å². The first-order valence-corrected chi connectivity index (χ1v) is 6.74. The third kappa shape index (κ3) is 4.07. The van der Waals surface area contributed by atoms with E-state index in [1.54, 1.807) is 0 Å². The van der Waals surface area contributed by atoms with Crippen molar-refractivity contribution in [2.45, 2.75) is 4.90 Å². The van der Waals surface area contributed by atoms with E-state index < -0.39 is 10.0 Å². The molecule has 2 rings (SSSR count). The summed E-state index contributed by atoms with van der Waals surface area (Å²) in [6.45, 7) is 0. The van der Waals surface area contributed by atoms with E-state index in [2.05, 4.69) is 14.7 Å². The summed E-state index contributed by atoms with van der Waals surface area (Å²) in [7, 11) is -2.28. The minimum absolute atomic E-state index is 0. The minimum Gasteiger partial charge on any atom is -0.481 e. The second-order valence-electron chi connectivity index (χ2n) is 3.62. The van der Waals surface area contributed by atoms with Crippen molar-refractivity contribution < 1.29 is 42.7 Å². The SMILES string of the molecule is COc1cc(NS(=O)(=O)c2ccc(N)cc2)ncn1.[Na+]. The predicted molar refractivity (Wildman–Crippen MR) is 70.2 cm³/mol. The first-order chi connectivity index (χ1) is 9.01. The van der Waals surface area contributed by atoms with Gasteiger partial charge in [-0.05, 0) is 24.3 Å². The van der Waals surface area contributed by atoms with Gasteiger partial charge < -0.3 is 10.5 Å². The monoisotopic (exact) mass is 303 g/mol. The average Bonchev–Trinajstić information content (AvgIpc) is 2.39. The van der Waals surface area contributed by atoms with E-state index in [-0.39, 0.29) is 46.2 Å². The molecule has 0 aliphatic carbocycles. The number of nitrogen functional groups attached to an aromatic ring is 1. The van der Waals surface area contributed by atoms with Crippen LogP contribution >= 0.6 is 0 Å². The van der Waals surface area contributed by atoms with E-state index in [4.69, 9.17) is 10.5 Å². The molecule has 100 valence electrons. The summed E-state index contributed by atoms with van der Waals surface area (Å²) < 4.78 is 31.3. The molecular weight excluding hydrogens is 291 g/mol. The molecule has 0 aliphatic rings. The Bertz CT molecular complexity index is 676. The van der Waals surface area contributed by atoms with Crippen LogP contribution in [-0.4, -0.2) is 25.5 Å². The number of anilines is 2. The van der Waals surface area contributed by atoms with E-state index in [0.29, 0.717) is 5.69 Å². The van der Waals surface area contributed by atoms with Crippen LogP contribution in [0, 0.1) is 0 Å². The standard InChI is InChI=1S/C11H12N4O3S.Na/c1-18-11-6-10(13-7-14-11)15-19(16,17)9-4-2-8(12)3-5-9;/h2-7H,12H2,1H3,(H,13,14,15);/q;+1. The number of hydrogen-bond donors (Lipinski definition) is 2. The molecule has 0 atom stereocenters. The van der Waals surface area contributed by atoms with Crippen molar-refractivity contribution >= 4 is 21.5 Å². The molecule has 1 heterocycles. The maximum absolute atomic E-state index is 12.1. The van der Waals surface area contributed by atoms with Gasteiger partial charge in [-0.15, -0.1) is 0 Å². The van der Waals surface area contributed by atoms with Crippen molar-refractivity contribution in [3.8, 4) is 5.88 Å². The van der Waals surface area contributed by atoms with Crippen LogP contribution in [-0.2, 0) is 10.0 Å². The molecule has 0 fully saturated rings. The molecule has 9 heteroatoms. The van der Waals surface area contributed by atoms with Crippen molar-refractivity contribution in [1.29, 1.82) is 0 Å². The summed E-state index contributed by atoms with van der Waals surface area (Å²) in [4.78, 5) is 7.69. The molecule has 0 saturated heterocycles. The molecular formula is C11H12N4NaO3S+. The zero-order valence-corrected chi connectivity index (χ0v) is 13.9. The van der Waals surface area contributed by atoms with Gasteiger partial charge in [-0.1, -0.05) is 0 Å². The Morgan fingerprint density at radius 2 is 1.85 bits per heavy atom. The van der Waals surface area contributed by atoms with Crippen LogP contribution in [0.4, 0.5) is 11.5 Å². The number of aromatic nitrogens is 2. The molecule has 0 radical (unpaired) electrons. The normalized spacial score (nSPS) is 10.4. The summed E-state index contributed by atoms with van der Waals surface area (Å²) in [6, 6.07) is 7.23. The summed E-state index contributed by atoms with van der Waals surface area (Å²) >= 11 is 0. The number of benzene rings is 1. The molecule has 0 spiro atoms. The number of nitrogens with zero attached hydrogens (tertiary/aromatic N) is 2. The van der Waals surface area contributed by atoms with Crippen LogP contribution in [0.5, 0.6) is 5.88 Å². The van der Waals surface area contributed by atoms with Gasteiger partial charge >= 0.3 is 29.6 Å². The number of ether oxygens (including phenoxy) is 1. The molecule has 0 aliphatic heterocycles. The molecule has 1 aromatic heterocycles. The molecule has 2 aromatic rings. The van der Waals surface area contributed by atoms with Crippen LogP contribution in [0.15, 0.2) is 41.6 Å². The van der Waals surface area contributed by atoms with Gasteiger partial charge in [-0.3, -0.25) is 4.72 Å². The van der Waals surface area contributed by atoms with Crippen molar-refractivity contribution in [2.24, 2.45) is 0 Å². The molecule has 0 unspecified atom stereocenters. The maximum atomic E-state index is 12.1. The fourth-order valence-electron chi connectivity index (χ4n) is 1.35. The molecule has 20 heavy (non-hydrogen) atoms. The Morgan fingerprint density at radius 3 is 2.45 bits per heavy atom. The fourth-order valence-corrected chi connectivity index (χ4v) is 2.35. The van der Waals surface area contributed by atoms with Gasteiger partial charge in [-0.25, -0.2) is 18.4 Å². The second-order valence-corrected chi connectivity index (χ2v) is 5.30. The van der Waals surface area contributed by atoms with Gasteiger partial charge in [0.05, 0.1) is 12.0 Å². The number of nitrogens with two attached hydrogens (primary N) is 1. The van der Waals surface area contributed by atoms with E-state index in [9.17, 15) is 8.42 Å². The Kier molecular flexibility index (Phi) is 5.75. The first kappa shape index (κ1) is 16.7. The second kappa shape index (κ2) is 6.89. The van der Waals surface area contributed by atoms with E-state index in [1.807, 2.05) is 0 Å². The molecule has 7 nitrogen and oxygen atoms in total. The first-order valence-electron chi connectivity index (χ1n) is 5.25. The third-order valence-electron chi connectivity index (χ3n) is 2.28. The fraction of sp³-hybridized carbons (Fsp3) is 0.0909. The predicted octanol–water partition coefficient (Wildman–Crippen LogP) is -2.13. The molecule has 0 bridgehead atoms. The summed E-state index contributed by atoms with van der Waals surface area (Å²) in [5, 5.41) is 0. The number of rotatable bonds is 4. The maximum Gasteiger partial charge on any atom is 1.00 e. The molecule has 0 amide bonds. The van der Waals surface area contributed by atoms with Crippen LogP contribution in [0.2, 0.25) is 0 Å². The van der Waals surface area contributed by atoms with E-state index in [0.717, 1.165) is 0 Å². The Morgan fingerprint density at radius 1 is 1.20 bits per heavy atom. The largest absolute Gasteiger partial charge is 1.00 e. The van der Waals surface area contributed by atoms with Gasteiger partial charge in [0, 0.05) is 11.8 Å². The number of hydrogen-bond acceptors (Lipinski definition) is 6. The summed E-state index contributed by atoms with van der Waals surface area (Å²) in [5.74, 6) is 0.397. The number of sulfonamides is 1. The van der Waals surface area contributed by atoms with Gasteiger partial charge in [-0.2, -0.15) is 0 Å². The van der Waals surface area contributed by atoms with Crippen LogP contribution < -0.4 is 44.7 Å². The van der Waals surface area contributed by atoms with E-state index in [1.165, 1.54) is 43.8 Å². The van der Waals surface area contributed by atoms with Crippen molar-refractivity contribution in [1.82, 2.24) is 9.97 Å². The Balaban J connectivity index is 0.00000200. The van der Waals surface area contributed by atoms with Crippen LogP contribution in [0.1, 0.15) is 0 Å². The number of methoxy groups -OCH3 is 1. The van der Waals surface area contributed by atoms with E-state index >= 15 is 0 Å². The zero-order chi connectivity index (χ0) is 13.9. The minimum atomic E-state index is -3.71. The van der Waals surface area contributed by atoms with Gasteiger partial charge in [0.2, 0.25) is 5.88 Å². The summed E-state index contributed by atoms with van der Waals surface area (Å²) in [5.41, 5.74) is 6.00. The van der Waals surface area contributed by atoms with Crippen molar-refractivity contribution in [3.63, 3.8) is 0 Å². The van der Waals surface area contributed by atoms with Gasteiger partial charge in [0.15, 0.2) is 0 Å². The Labute approximate surface area is 138 Å². The topological polar surface area (TPSA) is 107 Å². The Hall–Kier alpha value is -1.35. The quantitative estimate of drug-likeness (QED) is 0.494. The summed E-state index contributed by atoms with van der Waals surface area (Å²) in [6.07, 6.45) is 1.21. The average molecular weight is 303 g/mol. The van der Waals surface area contributed by atoms with Gasteiger partial charge in [0.1, 0.15) is 12.1 Å². The zero-order valence-electron chi connectivity index (χ0n) is 11.1. The number of nitrogens with one attached hydrogen (secondary N) is 1. The molecule has 1 aromatic carbocycles. The molecule has 3 N–H and O–H groups in total.